The molecule has 5 heterocycles. The van der Waals surface area contributed by atoms with Gasteiger partial charge in [-0.25, -0.2) is 9.37 Å². The number of rotatable bonds is 2. The van der Waals surface area contributed by atoms with Crippen LogP contribution in [-0.4, -0.2) is 71.6 Å². The number of imide groups is 1. The molecule has 1 unspecified atom stereocenters. The minimum atomic E-state index is -1.61. The monoisotopic (exact) mass is 508 g/mol. The molecule has 37 heavy (non-hydrogen) atoms. The van der Waals surface area contributed by atoms with E-state index in [4.69, 9.17) is 9.26 Å². The molecule has 4 atom stereocenters. The molecule has 2 fully saturated rings. The number of hydrogen-bond acceptors (Lipinski definition) is 10. The van der Waals surface area contributed by atoms with E-state index >= 15 is 4.39 Å². The number of aromatic nitrogens is 3. The molecule has 1 N–H and O–H groups in total. The number of nitrogens with zero attached hydrogens (tertiary/aromatic N) is 5. The highest BCUT2D eigenvalue weighted by molar-refractivity contribution is 6.22. The Kier molecular flexibility index (Phi) is 5.10. The number of amides is 2. The van der Waals surface area contributed by atoms with Crippen molar-refractivity contribution in [2.75, 3.05) is 30.4 Å². The molecule has 12 heteroatoms. The van der Waals surface area contributed by atoms with Crippen molar-refractivity contribution < 1.29 is 28.0 Å². The van der Waals surface area contributed by atoms with Crippen molar-refractivity contribution in [2.24, 2.45) is 5.41 Å². The molecule has 3 aliphatic heterocycles. The summed E-state index contributed by atoms with van der Waals surface area (Å²) in [6.45, 7) is 3.86. The Morgan fingerprint density at radius 3 is 2.73 bits per heavy atom. The molecular formula is C25H25FN6O5. The topological polar surface area (TPSA) is 131 Å². The van der Waals surface area contributed by atoms with E-state index in [-0.39, 0.29) is 30.3 Å². The number of ketones is 1. The van der Waals surface area contributed by atoms with Gasteiger partial charge in [0.2, 0.25) is 17.4 Å². The lowest BCUT2D eigenvalue weighted by molar-refractivity contribution is -0.158. The number of anilines is 2. The Balaban J connectivity index is 1.58. The molecule has 2 aromatic heterocycles. The number of nitrogens with one attached hydrogen (secondary N) is 1. The van der Waals surface area contributed by atoms with Gasteiger partial charge in [0.1, 0.15) is 22.6 Å². The van der Waals surface area contributed by atoms with E-state index in [1.807, 2.05) is 21.0 Å². The molecule has 6 rings (SSSR count). The Labute approximate surface area is 210 Å². The van der Waals surface area contributed by atoms with Crippen LogP contribution >= 0.6 is 0 Å². The maximum absolute atomic E-state index is 16.2. The van der Waals surface area contributed by atoms with Gasteiger partial charge >= 0.3 is 0 Å². The second-order valence-electron chi connectivity index (χ2n) is 10.1. The second-order valence-corrected chi connectivity index (χ2v) is 10.1. The van der Waals surface area contributed by atoms with Gasteiger partial charge in [-0.05, 0) is 31.9 Å². The average molecular weight is 509 g/mol. The summed E-state index contributed by atoms with van der Waals surface area (Å²) in [6.07, 6.45) is 1.71. The average Bonchev–Trinajstić information content (AvgIpc) is 3.26. The van der Waals surface area contributed by atoms with Gasteiger partial charge in [0.25, 0.3) is 0 Å². The van der Waals surface area contributed by atoms with E-state index in [1.54, 1.807) is 29.0 Å². The normalized spacial score (nSPS) is 27.3. The first-order chi connectivity index (χ1) is 17.6. The number of piperidine rings is 1. The number of morpholine rings is 1. The number of hydrogen-bond donors (Lipinski definition) is 1. The SMILES string of the molecule is C[C@@H]1CN2c3c(cc4c(-c5cncc(N(C)C)n5)noc4c3F)CC3(C(=O)CC(=O)NC3=O)[C@H]2[C@H](C)O1. The molecule has 0 saturated carbocycles. The highest BCUT2D eigenvalue weighted by Crippen LogP contribution is 2.50. The maximum atomic E-state index is 16.2. The minimum absolute atomic E-state index is 0.0538. The zero-order chi connectivity index (χ0) is 26.2. The highest BCUT2D eigenvalue weighted by Gasteiger charge is 2.62. The first-order valence-electron chi connectivity index (χ1n) is 12.0. The van der Waals surface area contributed by atoms with Gasteiger partial charge in [-0.15, -0.1) is 0 Å². The van der Waals surface area contributed by atoms with E-state index in [9.17, 15) is 14.4 Å². The predicted molar refractivity (Wildman–Crippen MR) is 129 cm³/mol. The molecule has 3 aliphatic rings. The molecule has 11 nitrogen and oxygen atoms in total. The molecule has 1 spiro atoms. The summed E-state index contributed by atoms with van der Waals surface area (Å²) in [4.78, 5) is 51.1. The molecule has 3 aromatic rings. The molecular weight excluding hydrogens is 483 g/mol. The summed E-state index contributed by atoms with van der Waals surface area (Å²) in [5, 5.41) is 6.80. The number of carbonyl (C=O) groups excluding carboxylic acids is 3. The van der Waals surface area contributed by atoms with E-state index in [1.165, 1.54) is 6.20 Å². The van der Waals surface area contributed by atoms with Crippen molar-refractivity contribution in [3.8, 4) is 11.4 Å². The fourth-order valence-electron chi connectivity index (χ4n) is 6.02. The van der Waals surface area contributed by atoms with Gasteiger partial charge in [0, 0.05) is 20.6 Å². The van der Waals surface area contributed by atoms with Gasteiger partial charge in [-0.3, -0.25) is 24.7 Å². The summed E-state index contributed by atoms with van der Waals surface area (Å²) < 4.78 is 27.7. The van der Waals surface area contributed by atoms with E-state index in [0.29, 0.717) is 28.2 Å². The number of Topliss-reactive ketones (excluding diaryl/α,β-unsaturated/α-hetero) is 1. The molecule has 1 aromatic carbocycles. The quantitative estimate of drug-likeness (QED) is 0.403. The zero-order valence-corrected chi connectivity index (χ0v) is 20.7. The third-order valence-electron chi connectivity index (χ3n) is 7.50. The van der Waals surface area contributed by atoms with Crippen LogP contribution < -0.4 is 15.1 Å². The summed E-state index contributed by atoms with van der Waals surface area (Å²) >= 11 is 0. The van der Waals surface area contributed by atoms with Crippen molar-refractivity contribution in [3.05, 3.63) is 29.8 Å². The van der Waals surface area contributed by atoms with Crippen molar-refractivity contribution >= 4 is 40.1 Å². The third-order valence-corrected chi connectivity index (χ3v) is 7.50. The fraction of sp³-hybridized carbons (Fsp3) is 0.440. The fourth-order valence-corrected chi connectivity index (χ4v) is 6.02. The number of halogens is 1. The van der Waals surface area contributed by atoms with Crippen LogP contribution in [0.4, 0.5) is 15.9 Å². The van der Waals surface area contributed by atoms with E-state index < -0.39 is 47.4 Å². The third kappa shape index (κ3) is 3.28. The van der Waals surface area contributed by atoms with Gasteiger partial charge in [-0.2, -0.15) is 0 Å². The Morgan fingerprint density at radius 2 is 2.00 bits per heavy atom. The van der Waals surface area contributed by atoms with Gasteiger partial charge < -0.3 is 19.1 Å². The van der Waals surface area contributed by atoms with E-state index in [0.717, 1.165) is 0 Å². The number of ether oxygens (including phenoxy) is 1. The van der Waals surface area contributed by atoms with Crippen LogP contribution in [0.25, 0.3) is 22.4 Å². The maximum Gasteiger partial charge on any atom is 0.242 e. The van der Waals surface area contributed by atoms with Crippen LogP contribution in [0.1, 0.15) is 25.8 Å². The van der Waals surface area contributed by atoms with Gasteiger partial charge in [0.15, 0.2) is 11.6 Å². The predicted octanol–water partition coefficient (Wildman–Crippen LogP) is 1.63. The van der Waals surface area contributed by atoms with Crippen molar-refractivity contribution in [3.63, 3.8) is 0 Å². The van der Waals surface area contributed by atoms with Crippen LogP contribution in [0.5, 0.6) is 0 Å². The summed E-state index contributed by atoms with van der Waals surface area (Å²) in [6, 6.07) is 0.900. The van der Waals surface area contributed by atoms with Crippen LogP contribution in [0.2, 0.25) is 0 Å². The van der Waals surface area contributed by atoms with Crippen LogP contribution in [0, 0.1) is 11.2 Å². The Bertz CT molecular complexity index is 1470. The standard InChI is InChI=1S/C25H25FN6O5/c1-11-10-32-21-13(7-25(23(32)12(2)36-11)16(33)6-18(34)29-24(25)35)5-14-20(30-37-22(14)19(21)26)15-8-27-9-17(28-15)31(3)4/h5,8-9,11-12,23H,6-7,10H2,1-4H3,(H,29,34,35)/t11-,12+,23-,25?/m1/s1. The number of carbonyl (C=O) groups is 3. The summed E-state index contributed by atoms with van der Waals surface area (Å²) in [7, 11) is 3.64. The first kappa shape index (κ1) is 23.5. The largest absolute Gasteiger partial charge is 0.372 e. The second kappa shape index (κ2) is 8.04. The van der Waals surface area contributed by atoms with Crippen LogP contribution in [-0.2, 0) is 25.5 Å². The smallest absolute Gasteiger partial charge is 0.242 e. The Hall–Kier alpha value is -3.93. The molecule has 0 aliphatic carbocycles. The first-order valence-corrected chi connectivity index (χ1v) is 12.0. The van der Waals surface area contributed by atoms with Crippen LogP contribution in [0.15, 0.2) is 23.0 Å². The van der Waals surface area contributed by atoms with Crippen molar-refractivity contribution in [2.45, 2.75) is 44.9 Å². The number of fused-ring (bicyclic) bond motifs is 5. The lowest BCUT2D eigenvalue weighted by Gasteiger charge is -2.55. The van der Waals surface area contributed by atoms with Gasteiger partial charge in [0.05, 0.1) is 48.1 Å². The zero-order valence-electron chi connectivity index (χ0n) is 20.7. The molecule has 2 saturated heterocycles. The van der Waals surface area contributed by atoms with Crippen molar-refractivity contribution in [1.82, 2.24) is 20.4 Å². The molecule has 0 radical (unpaired) electrons. The number of benzene rings is 1. The molecule has 2 amide bonds. The van der Waals surface area contributed by atoms with Gasteiger partial charge in [-0.1, -0.05) is 5.16 Å². The van der Waals surface area contributed by atoms with Crippen LogP contribution in [0.3, 0.4) is 0 Å². The molecule has 0 bridgehead atoms. The highest BCUT2D eigenvalue weighted by atomic mass is 19.1. The lowest BCUT2D eigenvalue weighted by atomic mass is 9.63. The molecule has 192 valence electrons. The lowest BCUT2D eigenvalue weighted by Crippen LogP contribution is -2.72. The minimum Gasteiger partial charge on any atom is -0.372 e. The summed E-state index contributed by atoms with van der Waals surface area (Å²) in [5.41, 5.74) is -0.287. The van der Waals surface area contributed by atoms with E-state index in [2.05, 4.69) is 20.4 Å². The van der Waals surface area contributed by atoms with Crippen molar-refractivity contribution in [1.29, 1.82) is 0 Å². The Morgan fingerprint density at radius 1 is 1.22 bits per heavy atom. The summed E-state index contributed by atoms with van der Waals surface area (Å²) in [5.74, 6) is -1.88.